The summed E-state index contributed by atoms with van der Waals surface area (Å²) >= 11 is 3.28. The predicted octanol–water partition coefficient (Wildman–Crippen LogP) is 7.42. The predicted molar refractivity (Wildman–Crippen MR) is 137 cm³/mol. The van der Waals surface area contributed by atoms with Crippen LogP contribution < -0.4 is 14.8 Å². The topological polar surface area (TPSA) is 114 Å². The summed E-state index contributed by atoms with van der Waals surface area (Å²) in [6.45, 7) is 3.61. The molecule has 3 aromatic rings. The van der Waals surface area contributed by atoms with Gasteiger partial charge in [-0.1, -0.05) is 18.2 Å². The molecule has 1 N–H and O–H groups in total. The van der Waals surface area contributed by atoms with Crippen LogP contribution in [0.1, 0.15) is 23.6 Å². The third-order valence-electron chi connectivity index (χ3n) is 5.10. The van der Waals surface area contributed by atoms with Gasteiger partial charge in [0.15, 0.2) is 11.5 Å². The summed E-state index contributed by atoms with van der Waals surface area (Å²) < 4.78 is 50.6. The van der Waals surface area contributed by atoms with Gasteiger partial charge in [0.1, 0.15) is 11.6 Å². The Kier molecular flexibility index (Phi) is 8.75. The lowest BCUT2D eigenvalue weighted by Crippen LogP contribution is -2.14. The number of halogens is 4. The Bertz CT molecular complexity index is 1470. The van der Waals surface area contributed by atoms with Crippen LogP contribution in [0.15, 0.2) is 64.6 Å². The Morgan fingerprint density at radius 3 is 2.50 bits per heavy atom. The van der Waals surface area contributed by atoms with Crippen LogP contribution in [0.5, 0.6) is 17.2 Å². The summed E-state index contributed by atoms with van der Waals surface area (Å²) in [6, 6.07) is 13.7. The number of carbonyl (C=O) groups is 1. The Morgan fingerprint density at radius 2 is 1.89 bits per heavy atom. The Morgan fingerprint density at radius 1 is 1.18 bits per heavy atom. The number of aryl methyl sites for hydroxylation is 1. The van der Waals surface area contributed by atoms with Gasteiger partial charge in [0, 0.05) is 11.8 Å². The Hall–Kier alpha value is -4.37. The number of rotatable bonds is 8. The summed E-state index contributed by atoms with van der Waals surface area (Å²) in [6.07, 6.45) is -3.47. The third kappa shape index (κ3) is 6.68. The fourth-order valence-corrected chi connectivity index (χ4v) is 3.82. The summed E-state index contributed by atoms with van der Waals surface area (Å²) in [7, 11) is 0. The normalized spacial score (nSPS) is 11.4. The van der Waals surface area contributed by atoms with Gasteiger partial charge in [-0.3, -0.25) is 14.9 Å². The van der Waals surface area contributed by atoms with Gasteiger partial charge in [-0.25, -0.2) is 0 Å². The molecule has 0 bridgehead atoms. The number of hydrogen-bond acceptors (Lipinski definition) is 6. The van der Waals surface area contributed by atoms with Crippen molar-refractivity contribution in [3.05, 3.63) is 91.4 Å². The van der Waals surface area contributed by atoms with Crippen LogP contribution in [0.25, 0.3) is 6.08 Å². The van der Waals surface area contributed by atoms with E-state index in [9.17, 15) is 33.3 Å². The molecule has 196 valence electrons. The summed E-state index contributed by atoms with van der Waals surface area (Å²) in [5.41, 5.74) is -0.609. The van der Waals surface area contributed by atoms with E-state index in [1.807, 2.05) is 12.1 Å². The number of nitrogens with one attached hydrogen (secondary N) is 1. The number of hydrogen-bond donors (Lipinski definition) is 1. The van der Waals surface area contributed by atoms with E-state index < -0.39 is 34.0 Å². The van der Waals surface area contributed by atoms with Crippen molar-refractivity contribution in [1.82, 2.24) is 0 Å². The summed E-state index contributed by atoms with van der Waals surface area (Å²) in [5, 5.41) is 23.7. The second-order valence-corrected chi connectivity index (χ2v) is 8.60. The number of nitriles is 1. The molecule has 0 aliphatic carbocycles. The highest BCUT2D eigenvalue weighted by atomic mass is 79.9. The Labute approximate surface area is 223 Å². The van der Waals surface area contributed by atoms with Crippen molar-refractivity contribution >= 4 is 39.3 Å². The lowest BCUT2D eigenvalue weighted by molar-refractivity contribution is -0.385. The van der Waals surface area contributed by atoms with Gasteiger partial charge in [-0.05, 0) is 77.3 Å². The molecule has 0 aromatic heterocycles. The molecule has 38 heavy (non-hydrogen) atoms. The smallest absolute Gasteiger partial charge is 0.416 e. The van der Waals surface area contributed by atoms with Crippen molar-refractivity contribution in [3.8, 4) is 23.3 Å². The fourth-order valence-electron chi connectivity index (χ4n) is 3.28. The van der Waals surface area contributed by atoms with Crippen molar-refractivity contribution < 1.29 is 32.4 Å². The highest BCUT2D eigenvalue weighted by Gasteiger charge is 2.33. The van der Waals surface area contributed by atoms with E-state index in [2.05, 4.69) is 21.2 Å². The molecule has 0 radical (unpaired) electrons. The first-order chi connectivity index (χ1) is 17.9. The second kappa shape index (κ2) is 11.8. The molecule has 0 unspecified atom stereocenters. The molecule has 0 atom stereocenters. The number of amides is 1. The molecule has 12 heteroatoms. The Balaban J connectivity index is 1.99. The van der Waals surface area contributed by atoms with Crippen molar-refractivity contribution in [2.45, 2.75) is 20.0 Å². The first kappa shape index (κ1) is 28.2. The number of ether oxygens (including phenoxy) is 2. The van der Waals surface area contributed by atoms with Gasteiger partial charge >= 0.3 is 11.9 Å². The van der Waals surface area contributed by atoms with Gasteiger partial charge in [0.25, 0.3) is 5.91 Å². The van der Waals surface area contributed by atoms with Crippen molar-refractivity contribution in [3.63, 3.8) is 0 Å². The number of nitro groups is 1. The maximum Gasteiger partial charge on any atom is 0.416 e. The van der Waals surface area contributed by atoms with E-state index in [1.165, 1.54) is 18.2 Å². The number of anilines is 1. The van der Waals surface area contributed by atoms with Crippen LogP contribution in [0.4, 0.5) is 24.5 Å². The molecule has 0 aliphatic heterocycles. The highest BCUT2D eigenvalue weighted by molar-refractivity contribution is 9.10. The van der Waals surface area contributed by atoms with Crippen LogP contribution in [0, 0.1) is 28.4 Å². The van der Waals surface area contributed by atoms with E-state index >= 15 is 0 Å². The zero-order valence-corrected chi connectivity index (χ0v) is 21.5. The standard InChI is InChI=1S/C26H19BrF3N3O5/c1-3-37-23-12-16(10-17(14-31)25(34)32-20-7-5-4-6-15(20)2)11-19(27)24(23)38-22-9-8-18(26(28,29)30)13-21(22)33(35)36/h4-13H,3H2,1-2H3,(H,32,34)/b17-10+. The number of nitro benzene ring substituents is 1. The van der Waals surface area contributed by atoms with E-state index in [4.69, 9.17) is 9.47 Å². The quantitative estimate of drug-likeness (QED) is 0.126. The molecule has 0 spiro atoms. The van der Waals surface area contributed by atoms with Gasteiger partial charge in [0.05, 0.1) is 21.6 Å². The van der Waals surface area contributed by atoms with Gasteiger partial charge < -0.3 is 14.8 Å². The van der Waals surface area contributed by atoms with E-state index in [-0.39, 0.29) is 28.2 Å². The molecular weight excluding hydrogens is 571 g/mol. The van der Waals surface area contributed by atoms with Crippen LogP contribution in [0.3, 0.4) is 0 Å². The van der Waals surface area contributed by atoms with Crippen molar-refractivity contribution in [1.29, 1.82) is 5.26 Å². The first-order valence-electron chi connectivity index (χ1n) is 10.9. The number of benzene rings is 3. The first-order valence-corrected chi connectivity index (χ1v) is 11.7. The minimum atomic E-state index is -4.78. The van der Waals surface area contributed by atoms with Crippen molar-refractivity contribution in [2.24, 2.45) is 0 Å². The number of carbonyl (C=O) groups excluding carboxylic acids is 1. The number of alkyl halides is 3. The molecule has 0 aliphatic rings. The summed E-state index contributed by atoms with van der Waals surface area (Å²) in [5.74, 6) is -1.06. The second-order valence-electron chi connectivity index (χ2n) is 7.74. The van der Waals surface area contributed by atoms with Crippen LogP contribution in [-0.4, -0.2) is 17.4 Å². The van der Waals surface area contributed by atoms with Gasteiger partial charge in [-0.15, -0.1) is 0 Å². The average Bonchev–Trinajstić information content (AvgIpc) is 2.85. The monoisotopic (exact) mass is 589 g/mol. The number of para-hydroxylation sites is 1. The largest absolute Gasteiger partial charge is 0.490 e. The molecule has 0 saturated heterocycles. The molecule has 8 nitrogen and oxygen atoms in total. The lowest BCUT2D eigenvalue weighted by Gasteiger charge is -2.15. The molecule has 1 amide bonds. The summed E-state index contributed by atoms with van der Waals surface area (Å²) in [4.78, 5) is 23.2. The molecular formula is C26H19BrF3N3O5. The zero-order chi connectivity index (χ0) is 28.0. The zero-order valence-electron chi connectivity index (χ0n) is 19.9. The van der Waals surface area contributed by atoms with Crippen LogP contribution in [0.2, 0.25) is 0 Å². The number of nitrogens with zero attached hydrogens (tertiary/aromatic N) is 2. The molecule has 0 saturated carbocycles. The van der Waals surface area contributed by atoms with Crippen LogP contribution >= 0.6 is 15.9 Å². The molecule has 0 fully saturated rings. The van der Waals surface area contributed by atoms with Crippen molar-refractivity contribution in [2.75, 3.05) is 11.9 Å². The van der Waals surface area contributed by atoms with Gasteiger partial charge in [0.2, 0.25) is 5.75 Å². The van der Waals surface area contributed by atoms with E-state index in [0.29, 0.717) is 23.4 Å². The highest BCUT2D eigenvalue weighted by Crippen LogP contribution is 2.44. The maximum absolute atomic E-state index is 13.0. The lowest BCUT2D eigenvalue weighted by atomic mass is 10.1. The minimum Gasteiger partial charge on any atom is -0.490 e. The average molecular weight is 590 g/mol. The minimum absolute atomic E-state index is 0.0465. The maximum atomic E-state index is 13.0. The fraction of sp³-hybridized carbons (Fsp3) is 0.154. The SMILES string of the molecule is CCOc1cc(/C=C(\C#N)C(=O)Nc2ccccc2C)cc(Br)c1Oc1ccc(C(F)(F)F)cc1[N+](=O)[O-]. The molecule has 0 heterocycles. The molecule has 3 aromatic carbocycles. The third-order valence-corrected chi connectivity index (χ3v) is 5.69. The van der Waals surface area contributed by atoms with Gasteiger partial charge in [-0.2, -0.15) is 18.4 Å². The van der Waals surface area contributed by atoms with Crippen LogP contribution in [-0.2, 0) is 11.0 Å². The molecule has 3 rings (SSSR count). The van der Waals surface area contributed by atoms with E-state index in [0.717, 1.165) is 11.6 Å². The van der Waals surface area contributed by atoms with E-state index in [1.54, 1.807) is 32.0 Å².